The second-order valence-electron chi connectivity index (χ2n) is 8.78. The summed E-state index contributed by atoms with van der Waals surface area (Å²) in [6, 6.07) is 3.03. The van der Waals surface area contributed by atoms with Crippen LogP contribution in [0.2, 0.25) is 0 Å². The standard InChI is InChI=1S/C22H23BrN2O3/c1-9-7-17(10(2)6-16(9)23)24-20(26)11(3)25-21(27)18-12-4-5-13(15-8-14(12)15)19(18)22(25)28/h4-7,11-15,18-19H,8H2,1-3H3,(H,24,26)/t11-,12-,13-,14-,15-,18+,19+/m1/s1. The monoisotopic (exact) mass is 442 g/mol. The van der Waals surface area contributed by atoms with Gasteiger partial charge in [-0.05, 0) is 74.1 Å². The minimum atomic E-state index is -0.815. The van der Waals surface area contributed by atoms with Gasteiger partial charge in [-0.25, -0.2) is 0 Å². The van der Waals surface area contributed by atoms with Gasteiger partial charge in [-0.15, -0.1) is 0 Å². The van der Waals surface area contributed by atoms with Crippen molar-refractivity contribution in [3.05, 3.63) is 39.9 Å². The molecule has 4 aliphatic carbocycles. The molecule has 0 spiro atoms. The lowest BCUT2D eigenvalue weighted by molar-refractivity contribution is -0.146. The Morgan fingerprint density at radius 3 is 2.21 bits per heavy atom. The first-order chi connectivity index (χ1) is 13.3. The molecule has 6 heteroatoms. The summed E-state index contributed by atoms with van der Waals surface area (Å²) < 4.78 is 0.978. The van der Waals surface area contributed by atoms with Gasteiger partial charge in [-0.2, -0.15) is 0 Å². The molecule has 5 nitrogen and oxygen atoms in total. The van der Waals surface area contributed by atoms with E-state index in [9.17, 15) is 14.4 Å². The Morgan fingerprint density at radius 2 is 1.64 bits per heavy atom. The number of hydrogen-bond donors (Lipinski definition) is 1. The fraction of sp³-hybridized carbons (Fsp3) is 0.500. The minimum Gasteiger partial charge on any atom is -0.324 e. The first-order valence-electron chi connectivity index (χ1n) is 9.92. The van der Waals surface area contributed by atoms with E-state index in [4.69, 9.17) is 0 Å². The maximum atomic E-state index is 13.2. The number of carbonyl (C=O) groups excluding carboxylic acids is 3. The van der Waals surface area contributed by atoms with Crippen LogP contribution in [0.4, 0.5) is 5.69 Å². The molecule has 3 fully saturated rings. The van der Waals surface area contributed by atoms with E-state index >= 15 is 0 Å². The van der Waals surface area contributed by atoms with Crippen molar-refractivity contribution in [1.29, 1.82) is 0 Å². The van der Waals surface area contributed by atoms with E-state index in [1.165, 1.54) is 4.90 Å². The van der Waals surface area contributed by atoms with Crippen LogP contribution in [-0.2, 0) is 14.4 Å². The van der Waals surface area contributed by atoms with Crippen molar-refractivity contribution in [3.8, 4) is 0 Å². The number of carbonyl (C=O) groups is 3. The van der Waals surface area contributed by atoms with Crippen LogP contribution in [-0.4, -0.2) is 28.7 Å². The summed E-state index contributed by atoms with van der Waals surface area (Å²) in [7, 11) is 0. The fourth-order valence-electron chi connectivity index (χ4n) is 5.63. The Labute approximate surface area is 172 Å². The third-order valence-corrected chi connectivity index (χ3v) is 8.08. The van der Waals surface area contributed by atoms with Crippen LogP contribution < -0.4 is 5.32 Å². The Hall–Kier alpha value is -1.95. The van der Waals surface area contributed by atoms with Crippen LogP contribution >= 0.6 is 15.9 Å². The Balaban J connectivity index is 1.38. The van der Waals surface area contributed by atoms with Gasteiger partial charge in [0.2, 0.25) is 17.7 Å². The molecule has 1 aliphatic heterocycles. The van der Waals surface area contributed by atoms with E-state index in [2.05, 4.69) is 33.4 Å². The number of imide groups is 1. The second-order valence-corrected chi connectivity index (χ2v) is 9.64. The first-order valence-corrected chi connectivity index (χ1v) is 10.7. The van der Waals surface area contributed by atoms with Gasteiger partial charge in [0, 0.05) is 10.2 Å². The van der Waals surface area contributed by atoms with Gasteiger partial charge in [0.05, 0.1) is 11.8 Å². The normalized spacial score (nSPS) is 35.6. The Morgan fingerprint density at radius 1 is 1.07 bits per heavy atom. The zero-order valence-electron chi connectivity index (χ0n) is 16.1. The molecule has 28 heavy (non-hydrogen) atoms. The summed E-state index contributed by atoms with van der Waals surface area (Å²) in [5.74, 6) is 0.293. The van der Waals surface area contributed by atoms with Crippen LogP contribution in [0, 0.1) is 49.4 Å². The maximum Gasteiger partial charge on any atom is 0.247 e. The number of benzene rings is 1. The summed E-state index contributed by atoms with van der Waals surface area (Å²) in [5, 5.41) is 2.91. The number of nitrogens with one attached hydrogen (secondary N) is 1. The van der Waals surface area contributed by atoms with Gasteiger partial charge in [-0.1, -0.05) is 28.1 Å². The van der Waals surface area contributed by atoms with E-state index in [0.29, 0.717) is 17.5 Å². The van der Waals surface area contributed by atoms with Crippen molar-refractivity contribution in [2.45, 2.75) is 33.2 Å². The van der Waals surface area contributed by atoms with E-state index in [1.807, 2.05) is 26.0 Å². The molecule has 6 rings (SSSR count). The third kappa shape index (κ3) is 2.39. The van der Waals surface area contributed by atoms with Crippen molar-refractivity contribution in [2.75, 3.05) is 5.32 Å². The molecule has 1 aromatic rings. The van der Waals surface area contributed by atoms with Crippen molar-refractivity contribution < 1.29 is 14.4 Å². The molecule has 3 amide bonds. The lowest BCUT2D eigenvalue weighted by Crippen LogP contribution is -2.46. The highest BCUT2D eigenvalue weighted by atomic mass is 79.9. The number of anilines is 1. The third-order valence-electron chi connectivity index (χ3n) is 7.23. The molecule has 146 valence electrons. The highest BCUT2D eigenvalue weighted by molar-refractivity contribution is 9.10. The average Bonchev–Trinajstić information content (AvgIpc) is 3.43. The number of halogens is 1. The highest BCUT2D eigenvalue weighted by Gasteiger charge is 2.67. The summed E-state index contributed by atoms with van der Waals surface area (Å²) in [6.07, 6.45) is 5.43. The lowest BCUT2D eigenvalue weighted by Gasteiger charge is -2.37. The second kappa shape index (κ2) is 6.02. The van der Waals surface area contributed by atoms with Crippen LogP contribution in [0.25, 0.3) is 0 Å². The number of amides is 3. The van der Waals surface area contributed by atoms with Crippen LogP contribution in [0.5, 0.6) is 0 Å². The van der Waals surface area contributed by atoms with E-state index < -0.39 is 6.04 Å². The van der Waals surface area contributed by atoms with Gasteiger partial charge < -0.3 is 5.32 Å². The van der Waals surface area contributed by atoms with E-state index in [-0.39, 0.29) is 41.4 Å². The molecule has 5 aliphatic rings. The van der Waals surface area contributed by atoms with Gasteiger partial charge in [0.15, 0.2) is 0 Å². The van der Waals surface area contributed by atoms with Crippen molar-refractivity contribution >= 4 is 39.3 Å². The van der Waals surface area contributed by atoms with Gasteiger partial charge in [-0.3, -0.25) is 19.3 Å². The molecule has 1 saturated heterocycles. The predicted octanol–water partition coefficient (Wildman–Crippen LogP) is 3.45. The lowest BCUT2D eigenvalue weighted by atomic mass is 9.63. The van der Waals surface area contributed by atoms with Gasteiger partial charge in [0.1, 0.15) is 6.04 Å². The number of likely N-dealkylation sites (tertiary alicyclic amines) is 1. The molecule has 1 heterocycles. The minimum absolute atomic E-state index is 0.161. The van der Waals surface area contributed by atoms with Crippen LogP contribution in [0.15, 0.2) is 28.8 Å². The molecule has 7 atom stereocenters. The van der Waals surface area contributed by atoms with Crippen molar-refractivity contribution in [2.24, 2.45) is 35.5 Å². The molecule has 0 aromatic heterocycles. The SMILES string of the molecule is Cc1cc(NC(=O)[C@@H](C)N2C(=O)[C@H]3[C@@H]4C=C[C@H]([C@H]5C[C@H]45)[C@@H]3C2=O)c(C)cc1Br. The quantitative estimate of drug-likeness (QED) is 0.575. The van der Waals surface area contributed by atoms with E-state index in [0.717, 1.165) is 22.0 Å². The number of rotatable bonds is 3. The fourth-order valence-corrected chi connectivity index (χ4v) is 6.09. The zero-order valence-corrected chi connectivity index (χ0v) is 17.7. The Bertz CT molecular complexity index is 919. The summed E-state index contributed by atoms with van der Waals surface area (Å²) >= 11 is 3.49. The molecule has 2 saturated carbocycles. The molecule has 1 aromatic carbocycles. The number of aryl methyl sites for hydroxylation is 2. The summed E-state index contributed by atoms with van der Waals surface area (Å²) in [6.45, 7) is 5.52. The smallest absolute Gasteiger partial charge is 0.247 e. The van der Waals surface area contributed by atoms with Crippen LogP contribution in [0.3, 0.4) is 0 Å². The number of nitrogens with zero attached hydrogens (tertiary/aromatic N) is 1. The topological polar surface area (TPSA) is 66.5 Å². The maximum absolute atomic E-state index is 13.2. The molecule has 0 unspecified atom stereocenters. The molecular weight excluding hydrogens is 420 g/mol. The van der Waals surface area contributed by atoms with E-state index in [1.54, 1.807) is 6.92 Å². The van der Waals surface area contributed by atoms with Crippen LogP contribution in [0.1, 0.15) is 24.5 Å². The van der Waals surface area contributed by atoms with Gasteiger partial charge in [0.25, 0.3) is 0 Å². The zero-order chi connectivity index (χ0) is 19.9. The molecule has 2 bridgehead atoms. The first kappa shape index (κ1) is 18.1. The summed E-state index contributed by atoms with van der Waals surface area (Å²) in [5.41, 5.74) is 2.64. The molecular formula is C22H23BrN2O3. The summed E-state index contributed by atoms with van der Waals surface area (Å²) in [4.78, 5) is 40.5. The Kier molecular flexibility index (Phi) is 3.89. The molecule has 1 N–H and O–H groups in total. The number of allylic oxidation sites excluding steroid dienone is 2. The van der Waals surface area contributed by atoms with Gasteiger partial charge >= 0.3 is 0 Å². The molecule has 0 radical (unpaired) electrons. The highest BCUT2D eigenvalue weighted by Crippen LogP contribution is 2.65. The number of hydrogen-bond acceptors (Lipinski definition) is 3. The van der Waals surface area contributed by atoms with Crippen molar-refractivity contribution in [3.63, 3.8) is 0 Å². The predicted molar refractivity (Wildman–Crippen MR) is 108 cm³/mol. The average molecular weight is 443 g/mol. The van der Waals surface area contributed by atoms with Crippen molar-refractivity contribution in [1.82, 2.24) is 4.90 Å². The largest absolute Gasteiger partial charge is 0.324 e.